The van der Waals surface area contributed by atoms with E-state index in [1.165, 1.54) is 18.1 Å². The maximum absolute atomic E-state index is 13.5. The van der Waals surface area contributed by atoms with Crippen LogP contribution in [0.4, 0.5) is 29.3 Å². The summed E-state index contributed by atoms with van der Waals surface area (Å²) >= 11 is 0. The summed E-state index contributed by atoms with van der Waals surface area (Å²) in [4.78, 5) is 24.3. The lowest BCUT2D eigenvalue weighted by atomic mass is 9.97. The Morgan fingerprint density at radius 3 is 2.42 bits per heavy atom. The molecule has 1 aliphatic rings. The van der Waals surface area contributed by atoms with Crippen LogP contribution in [0, 0.1) is 0 Å². The van der Waals surface area contributed by atoms with Gasteiger partial charge in [0.1, 0.15) is 0 Å². The SMILES string of the molecule is O=C(NCCC1=CCCCC1)Nc1ccc(NC(=O)c2ccccc2)cc1C(F)(F)F. The number of hydrogen-bond donors (Lipinski definition) is 3. The third-order valence-corrected chi connectivity index (χ3v) is 4.98. The number of allylic oxidation sites excluding steroid dienone is 1. The first-order valence-corrected chi connectivity index (χ1v) is 10.1. The molecular formula is C23H24F3N3O2. The molecule has 1 aliphatic carbocycles. The highest BCUT2D eigenvalue weighted by molar-refractivity contribution is 6.04. The van der Waals surface area contributed by atoms with Crippen LogP contribution in [0.15, 0.2) is 60.2 Å². The third kappa shape index (κ3) is 6.60. The number of anilines is 2. The summed E-state index contributed by atoms with van der Waals surface area (Å²) in [6.45, 7) is 0.351. The molecule has 0 aliphatic heterocycles. The predicted molar refractivity (Wildman–Crippen MR) is 114 cm³/mol. The van der Waals surface area contributed by atoms with E-state index in [9.17, 15) is 22.8 Å². The van der Waals surface area contributed by atoms with Crippen molar-refractivity contribution in [2.75, 3.05) is 17.2 Å². The van der Waals surface area contributed by atoms with Crippen molar-refractivity contribution < 1.29 is 22.8 Å². The van der Waals surface area contributed by atoms with E-state index in [0.29, 0.717) is 18.5 Å². The average Bonchev–Trinajstić information content (AvgIpc) is 2.75. The normalized spacial score (nSPS) is 13.8. The Morgan fingerprint density at radius 2 is 1.74 bits per heavy atom. The minimum Gasteiger partial charge on any atom is -0.338 e. The Bertz CT molecular complexity index is 956. The van der Waals surface area contributed by atoms with Crippen LogP contribution in [0.2, 0.25) is 0 Å². The van der Waals surface area contributed by atoms with Crippen molar-refractivity contribution in [3.05, 3.63) is 71.3 Å². The number of nitrogens with one attached hydrogen (secondary N) is 3. The van der Waals surface area contributed by atoms with E-state index in [4.69, 9.17) is 0 Å². The highest BCUT2D eigenvalue weighted by atomic mass is 19.4. The van der Waals surface area contributed by atoms with Gasteiger partial charge in [0.2, 0.25) is 0 Å². The van der Waals surface area contributed by atoms with Crippen LogP contribution in [-0.2, 0) is 6.18 Å². The fourth-order valence-corrected chi connectivity index (χ4v) is 3.39. The van der Waals surface area contributed by atoms with E-state index in [-0.39, 0.29) is 11.4 Å². The maximum Gasteiger partial charge on any atom is 0.418 e. The first-order chi connectivity index (χ1) is 14.8. The Kier molecular flexibility index (Phi) is 7.33. The molecule has 2 aromatic rings. The molecule has 31 heavy (non-hydrogen) atoms. The number of urea groups is 1. The number of benzene rings is 2. The summed E-state index contributed by atoms with van der Waals surface area (Å²) in [7, 11) is 0. The fraction of sp³-hybridized carbons (Fsp3) is 0.304. The van der Waals surface area contributed by atoms with Crippen LogP contribution in [0.3, 0.4) is 0 Å². The first-order valence-electron chi connectivity index (χ1n) is 10.1. The van der Waals surface area contributed by atoms with E-state index in [2.05, 4.69) is 22.0 Å². The molecule has 8 heteroatoms. The van der Waals surface area contributed by atoms with E-state index in [1.807, 2.05) is 0 Å². The van der Waals surface area contributed by atoms with E-state index >= 15 is 0 Å². The zero-order valence-corrected chi connectivity index (χ0v) is 16.9. The highest BCUT2D eigenvalue weighted by Gasteiger charge is 2.34. The van der Waals surface area contributed by atoms with Gasteiger partial charge in [-0.25, -0.2) is 4.79 Å². The van der Waals surface area contributed by atoms with Gasteiger partial charge in [-0.15, -0.1) is 0 Å². The Hall–Kier alpha value is -3.29. The molecule has 3 N–H and O–H groups in total. The molecule has 0 atom stereocenters. The van der Waals surface area contributed by atoms with Gasteiger partial charge in [0.25, 0.3) is 5.91 Å². The molecule has 0 aromatic heterocycles. The molecule has 5 nitrogen and oxygen atoms in total. The van der Waals surface area contributed by atoms with Gasteiger partial charge in [-0.05, 0) is 62.4 Å². The van der Waals surface area contributed by atoms with E-state index in [0.717, 1.165) is 31.4 Å². The molecule has 164 valence electrons. The smallest absolute Gasteiger partial charge is 0.338 e. The second-order valence-corrected chi connectivity index (χ2v) is 7.32. The molecule has 0 radical (unpaired) electrons. The summed E-state index contributed by atoms with van der Waals surface area (Å²) < 4.78 is 40.6. The summed E-state index contributed by atoms with van der Waals surface area (Å²) in [5.41, 5.74) is 0.159. The van der Waals surface area contributed by atoms with Crippen molar-refractivity contribution >= 4 is 23.3 Å². The third-order valence-electron chi connectivity index (χ3n) is 4.98. The molecule has 0 fully saturated rings. The Labute approximate surface area is 178 Å². The average molecular weight is 431 g/mol. The number of carbonyl (C=O) groups is 2. The number of alkyl halides is 3. The zero-order chi connectivity index (χ0) is 22.3. The van der Waals surface area contributed by atoms with Crippen LogP contribution in [0.1, 0.15) is 48.0 Å². The summed E-state index contributed by atoms with van der Waals surface area (Å²) in [6.07, 6.45) is 2.46. The lowest BCUT2D eigenvalue weighted by molar-refractivity contribution is -0.136. The Morgan fingerprint density at radius 1 is 0.968 bits per heavy atom. The van der Waals surface area contributed by atoms with E-state index < -0.39 is 23.7 Å². The van der Waals surface area contributed by atoms with Crippen molar-refractivity contribution in [1.29, 1.82) is 0 Å². The van der Waals surface area contributed by atoms with Crippen molar-refractivity contribution in [1.82, 2.24) is 5.32 Å². The molecular weight excluding hydrogens is 407 g/mol. The van der Waals surface area contributed by atoms with Crippen LogP contribution in [0.5, 0.6) is 0 Å². The molecule has 3 amide bonds. The second-order valence-electron chi connectivity index (χ2n) is 7.32. The van der Waals surface area contributed by atoms with E-state index in [1.54, 1.807) is 30.3 Å². The molecule has 2 aromatic carbocycles. The van der Waals surface area contributed by atoms with Crippen LogP contribution < -0.4 is 16.0 Å². The minimum atomic E-state index is -4.71. The first kappa shape index (κ1) is 22.4. The van der Waals surface area contributed by atoms with Gasteiger partial charge in [0.15, 0.2) is 0 Å². The molecule has 0 spiro atoms. The van der Waals surface area contributed by atoms with Crippen molar-refractivity contribution in [3.63, 3.8) is 0 Å². The molecule has 0 saturated heterocycles. The van der Waals surface area contributed by atoms with Gasteiger partial charge in [-0.1, -0.05) is 29.8 Å². The van der Waals surface area contributed by atoms with Gasteiger partial charge in [0.05, 0.1) is 11.3 Å². The summed E-state index contributed by atoms with van der Waals surface area (Å²) in [5, 5.41) is 7.31. The molecule has 0 bridgehead atoms. The van der Waals surface area contributed by atoms with Gasteiger partial charge in [-0.2, -0.15) is 13.2 Å². The van der Waals surface area contributed by atoms with Crippen molar-refractivity contribution in [3.8, 4) is 0 Å². The molecule has 0 saturated carbocycles. The molecule has 0 heterocycles. The second kappa shape index (κ2) is 10.1. The molecule has 3 rings (SSSR count). The topological polar surface area (TPSA) is 70.2 Å². The number of halogens is 3. The summed E-state index contributed by atoms with van der Waals surface area (Å²) in [6, 6.07) is 10.7. The standard InChI is InChI=1S/C23H24F3N3O2/c24-23(25,26)19-15-18(28-21(30)17-9-5-2-6-10-17)11-12-20(19)29-22(31)27-14-13-16-7-3-1-4-8-16/h2,5-7,9-12,15H,1,3-4,8,13-14H2,(H,28,30)(H2,27,29,31). The number of carbonyl (C=O) groups excluding carboxylic acids is 2. The van der Waals surface area contributed by atoms with Crippen molar-refractivity contribution in [2.45, 2.75) is 38.3 Å². The fourth-order valence-electron chi connectivity index (χ4n) is 3.39. The van der Waals surface area contributed by atoms with Crippen LogP contribution >= 0.6 is 0 Å². The largest absolute Gasteiger partial charge is 0.418 e. The van der Waals surface area contributed by atoms with Gasteiger partial charge in [-0.3, -0.25) is 4.79 Å². The quantitative estimate of drug-likeness (QED) is 0.493. The monoisotopic (exact) mass is 431 g/mol. The molecule has 0 unspecified atom stereocenters. The number of hydrogen-bond acceptors (Lipinski definition) is 2. The number of rotatable bonds is 6. The van der Waals surface area contributed by atoms with Crippen molar-refractivity contribution in [2.24, 2.45) is 0 Å². The van der Waals surface area contributed by atoms with Crippen LogP contribution in [-0.4, -0.2) is 18.5 Å². The zero-order valence-electron chi connectivity index (χ0n) is 16.9. The lowest BCUT2D eigenvalue weighted by Crippen LogP contribution is -2.30. The van der Waals surface area contributed by atoms with Gasteiger partial charge >= 0.3 is 12.2 Å². The van der Waals surface area contributed by atoms with Crippen LogP contribution in [0.25, 0.3) is 0 Å². The minimum absolute atomic E-state index is 0.0172. The maximum atomic E-state index is 13.5. The van der Waals surface area contributed by atoms with Gasteiger partial charge in [0, 0.05) is 17.8 Å². The highest BCUT2D eigenvalue weighted by Crippen LogP contribution is 2.36. The van der Waals surface area contributed by atoms with Gasteiger partial charge < -0.3 is 16.0 Å². The lowest BCUT2D eigenvalue weighted by Gasteiger charge is -2.17. The summed E-state index contributed by atoms with van der Waals surface area (Å²) in [5.74, 6) is -0.524. The predicted octanol–water partition coefficient (Wildman–Crippen LogP) is 5.97. The number of amides is 3. The Balaban J connectivity index is 1.64.